The number of amides is 3. The Morgan fingerprint density at radius 1 is 1.32 bits per heavy atom. The maximum atomic E-state index is 12.3. The number of rotatable bonds is 1. The van der Waals surface area contributed by atoms with E-state index >= 15 is 0 Å². The van der Waals surface area contributed by atoms with Gasteiger partial charge in [-0.2, -0.15) is 0 Å². The second-order valence-corrected chi connectivity index (χ2v) is 4.64. The molecule has 0 aromatic rings. The summed E-state index contributed by atoms with van der Waals surface area (Å²) in [4.78, 5) is 39.2. The number of carboxylic acid groups (broad SMARTS) is 1. The molecule has 0 aromatic carbocycles. The average molecular weight is 271 g/mol. The van der Waals surface area contributed by atoms with Crippen LogP contribution in [0.1, 0.15) is 0 Å². The Morgan fingerprint density at radius 3 is 2.68 bits per heavy atom. The number of morpholine rings is 1. The molecule has 0 bridgehead atoms. The van der Waals surface area contributed by atoms with Crippen LogP contribution in [0.5, 0.6) is 0 Å². The van der Waals surface area contributed by atoms with Crippen molar-refractivity contribution in [3.05, 3.63) is 0 Å². The standard InChI is InChI=1S/C11H17N3O5/c1-12-2-3-13(6-9(12)15)11(18)14-4-5-19-7-8(14)10(16)17/h8H,2-7H2,1H3,(H,16,17). The van der Waals surface area contributed by atoms with E-state index in [4.69, 9.17) is 9.84 Å². The highest BCUT2D eigenvalue weighted by atomic mass is 16.5. The van der Waals surface area contributed by atoms with Gasteiger partial charge in [0.25, 0.3) is 0 Å². The summed E-state index contributed by atoms with van der Waals surface area (Å²) in [5, 5.41) is 9.08. The van der Waals surface area contributed by atoms with Crippen LogP contribution in [-0.2, 0) is 14.3 Å². The van der Waals surface area contributed by atoms with Gasteiger partial charge in [-0.25, -0.2) is 9.59 Å². The summed E-state index contributed by atoms with van der Waals surface area (Å²) in [5.74, 6) is -1.23. The highest BCUT2D eigenvalue weighted by Gasteiger charge is 2.36. The van der Waals surface area contributed by atoms with Crippen LogP contribution in [0.3, 0.4) is 0 Å². The quantitative estimate of drug-likeness (QED) is 0.638. The van der Waals surface area contributed by atoms with E-state index in [1.54, 1.807) is 11.9 Å². The van der Waals surface area contributed by atoms with Gasteiger partial charge >= 0.3 is 12.0 Å². The van der Waals surface area contributed by atoms with Gasteiger partial charge in [0.1, 0.15) is 6.54 Å². The predicted octanol–water partition coefficient (Wildman–Crippen LogP) is -1.33. The Hall–Kier alpha value is -1.83. The zero-order valence-electron chi connectivity index (χ0n) is 10.7. The Labute approximate surface area is 110 Å². The van der Waals surface area contributed by atoms with Crippen LogP contribution in [0.4, 0.5) is 4.79 Å². The molecule has 3 amide bonds. The number of carbonyl (C=O) groups excluding carboxylic acids is 2. The molecule has 1 N–H and O–H groups in total. The van der Waals surface area contributed by atoms with E-state index in [-0.39, 0.29) is 25.6 Å². The first kappa shape index (κ1) is 13.6. The maximum absolute atomic E-state index is 12.3. The molecule has 1 unspecified atom stereocenters. The van der Waals surface area contributed by atoms with Crippen molar-refractivity contribution in [1.29, 1.82) is 0 Å². The molecule has 0 saturated carbocycles. The van der Waals surface area contributed by atoms with Gasteiger partial charge in [0.15, 0.2) is 6.04 Å². The van der Waals surface area contributed by atoms with Gasteiger partial charge in [-0.1, -0.05) is 0 Å². The number of urea groups is 1. The number of nitrogens with zero attached hydrogens (tertiary/aromatic N) is 3. The Balaban J connectivity index is 2.05. The average Bonchev–Trinajstić information content (AvgIpc) is 2.41. The SMILES string of the molecule is CN1CCN(C(=O)N2CCOCC2C(=O)O)CC1=O. The number of aliphatic carboxylic acids is 1. The summed E-state index contributed by atoms with van der Waals surface area (Å²) in [6.07, 6.45) is 0. The van der Waals surface area contributed by atoms with Crippen LogP contribution in [0, 0.1) is 0 Å². The van der Waals surface area contributed by atoms with Gasteiger partial charge in [0.2, 0.25) is 5.91 Å². The number of carboxylic acids is 1. The first-order valence-corrected chi connectivity index (χ1v) is 6.10. The first-order chi connectivity index (χ1) is 9.00. The van der Waals surface area contributed by atoms with Crippen LogP contribution < -0.4 is 0 Å². The van der Waals surface area contributed by atoms with Crippen molar-refractivity contribution >= 4 is 17.9 Å². The molecule has 2 fully saturated rings. The van der Waals surface area contributed by atoms with E-state index in [9.17, 15) is 14.4 Å². The third-order valence-corrected chi connectivity index (χ3v) is 3.39. The molecule has 0 aliphatic carbocycles. The number of hydrogen-bond acceptors (Lipinski definition) is 4. The lowest BCUT2D eigenvalue weighted by molar-refractivity contribution is -0.147. The fraction of sp³-hybridized carbons (Fsp3) is 0.727. The van der Waals surface area contributed by atoms with Crippen molar-refractivity contribution in [3.63, 3.8) is 0 Å². The highest BCUT2D eigenvalue weighted by molar-refractivity contribution is 5.87. The molecule has 8 nitrogen and oxygen atoms in total. The summed E-state index contributed by atoms with van der Waals surface area (Å²) >= 11 is 0. The minimum absolute atomic E-state index is 0.000963. The predicted molar refractivity (Wildman–Crippen MR) is 63.6 cm³/mol. The third-order valence-electron chi connectivity index (χ3n) is 3.39. The van der Waals surface area contributed by atoms with Crippen molar-refractivity contribution in [1.82, 2.24) is 14.7 Å². The Bertz CT molecular complexity index is 400. The number of carbonyl (C=O) groups is 3. The topological polar surface area (TPSA) is 90.4 Å². The lowest BCUT2D eigenvalue weighted by Crippen LogP contribution is -2.60. The van der Waals surface area contributed by atoms with Crippen LogP contribution in [0.15, 0.2) is 0 Å². The van der Waals surface area contributed by atoms with Crippen LogP contribution in [0.2, 0.25) is 0 Å². The van der Waals surface area contributed by atoms with Crippen LogP contribution >= 0.6 is 0 Å². The number of ether oxygens (including phenoxy) is 1. The molecule has 2 heterocycles. The monoisotopic (exact) mass is 271 g/mol. The molecule has 1 atom stereocenters. The third kappa shape index (κ3) is 2.78. The molecule has 8 heteroatoms. The largest absolute Gasteiger partial charge is 0.480 e. The fourth-order valence-corrected chi connectivity index (χ4v) is 2.14. The smallest absolute Gasteiger partial charge is 0.328 e. The molecule has 0 aromatic heterocycles. The van der Waals surface area contributed by atoms with Gasteiger partial charge in [0.05, 0.1) is 13.2 Å². The molecule has 106 valence electrons. The lowest BCUT2D eigenvalue weighted by Gasteiger charge is -2.39. The van der Waals surface area contributed by atoms with Crippen LogP contribution in [0.25, 0.3) is 0 Å². The van der Waals surface area contributed by atoms with Gasteiger partial charge in [0, 0.05) is 26.7 Å². The van der Waals surface area contributed by atoms with Crippen molar-refractivity contribution in [2.75, 3.05) is 46.4 Å². The molecular formula is C11H17N3O5. The van der Waals surface area contributed by atoms with E-state index < -0.39 is 18.0 Å². The minimum atomic E-state index is -1.09. The van der Waals surface area contributed by atoms with E-state index in [0.29, 0.717) is 19.7 Å². The van der Waals surface area contributed by atoms with Gasteiger partial charge in [-0.15, -0.1) is 0 Å². The Kier molecular flexibility index (Phi) is 3.89. The summed E-state index contributed by atoms with van der Waals surface area (Å²) in [7, 11) is 1.68. The second-order valence-electron chi connectivity index (χ2n) is 4.64. The van der Waals surface area contributed by atoms with E-state index in [1.165, 1.54) is 9.80 Å². The van der Waals surface area contributed by atoms with Gasteiger partial charge in [-0.05, 0) is 0 Å². The fourth-order valence-electron chi connectivity index (χ4n) is 2.14. The number of piperazine rings is 1. The van der Waals surface area contributed by atoms with E-state index in [0.717, 1.165) is 0 Å². The second kappa shape index (κ2) is 5.43. The number of likely N-dealkylation sites (N-methyl/N-ethyl adjacent to an activating group) is 1. The van der Waals surface area contributed by atoms with E-state index in [2.05, 4.69) is 0 Å². The van der Waals surface area contributed by atoms with Crippen LogP contribution in [-0.4, -0.2) is 90.2 Å². The molecule has 2 saturated heterocycles. The van der Waals surface area contributed by atoms with Gasteiger partial charge in [-0.3, -0.25) is 4.79 Å². The zero-order chi connectivity index (χ0) is 14.0. The summed E-state index contributed by atoms with van der Waals surface area (Å²) < 4.78 is 5.08. The lowest BCUT2D eigenvalue weighted by atomic mass is 10.2. The first-order valence-electron chi connectivity index (χ1n) is 6.10. The maximum Gasteiger partial charge on any atom is 0.328 e. The summed E-state index contributed by atoms with van der Waals surface area (Å²) in [6.45, 7) is 1.42. The molecule has 2 rings (SSSR count). The number of hydrogen-bond donors (Lipinski definition) is 1. The molecular weight excluding hydrogens is 254 g/mol. The molecule has 0 radical (unpaired) electrons. The summed E-state index contributed by atoms with van der Waals surface area (Å²) in [6, 6.07) is -1.38. The zero-order valence-corrected chi connectivity index (χ0v) is 10.7. The van der Waals surface area contributed by atoms with Crippen molar-refractivity contribution in [2.24, 2.45) is 0 Å². The Morgan fingerprint density at radius 2 is 2.05 bits per heavy atom. The van der Waals surface area contributed by atoms with Gasteiger partial charge < -0.3 is 24.5 Å². The summed E-state index contributed by atoms with van der Waals surface area (Å²) in [5.41, 5.74) is 0. The minimum Gasteiger partial charge on any atom is -0.480 e. The van der Waals surface area contributed by atoms with E-state index in [1.807, 2.05) is 0 Å². The molecule has 0 spiro atoms. The van der Waals surface area contributed by atoms with Crippen molar-refractivity contribution < 1.29 is 24.2 Å². The van der Waals surface area contributed by atoms with Crippen molar-refractivity contribution in [2.45, 2.75) is 6.04 Å². The normalized spacial score (nSPS) is 24.6. The van der Waals surface area contributed by atoms with Crippen molar-refractivity contribution in [3.8, 4) is 0 Å². The molecule has 19 heavy (non-hydrogen) atoms. The highest BCUT2D eigenvalue weighted by Crippen LogP contribution is 2.12. The molecule has 2 aliphatic rings. The molecule has 2 aliphatic heterocycles.